The van der Waals surface area contributed by atoms with E-state index in [1.54, 1.807) is 0 Å². The number of ether oxygens (including phenoxy) is 1. The average molecular weight is 275 g/mol. The summed E-state index contributed by atoms with van der Waals surface area (Å²) in [5.74, 6) is 2.54. The van der Waals surface area contributed by atoms with Crippen molar-refractivity contribution in [1.29, 1.82) is 0 Å². The molecule has 112 valence electrons. The Bertz CT molecular complexity index is 402. The minimum Gasteiger partial charge on any atom is -0.490 e. The average Bonchev–Trinajstić information content (AvgIpc) is 2.39. The predicted molar refractivity (Wildman–Crippen MR) is 85.0 cm³/mol. The van der Waals surface area contributed by atoms with Crippen LogP contribution in [0.3, 0.4) is 0 Å². The molecular formula is C18H29NO. The van der Waals surface area contributed by atoms with Crippen LogP contribution < -0.4 is 10.1 Å². The van der Waals surface area contributed by atoms with Gasteiger partial charge < -0.3 is 10.1 Å². The van der Waals surface area contributed by atoms with Crippen molar-refractivity contribution in [3.8, 4) is 5.75 Å². The molecule has 2 rings (SSSR count). The van der Waals surface area contributed by atoms with Crippen LogP contribution in [0.1, 0.15) is 52.0 Å². The molecule has 0 spiro atoms. The second-order valence-corrected chi connectivity index (χ2v) is 6.68. The number of nitrogens with one attached hydrogen (secondary N) is 1. The first kappa shape index (κ1) is 15.4. The fourth-order valence-electron chi connectivity index (χ4n) is 2.91. The number of rotatable bonds is 6. The van der Waals surface area contributed by atoms with Gasteiger partial charge in [-0.05, 0) is 55.3 Å². The van der Waals surface area contributed by atoms with Gasteiger partial charge in [-0.1, -0.05) is 39.3 Å². The molecule has 1 aliphatic carbocycles. The van der Waals surface area contributed by atoms with Crippen molar-refractivity contribution in [2.24, 2.45) is 11.8 Å². The van der Waals surface area contributed by atoms with Gasteiger partial charge in [0, 0.05) is 6.54 Å². The Morgan fingerprint density at radius 2 is 2.15 bits per heavy atom. The molecule has 0 aromatic heterocycles. The minimum absolute atomic E-state index is 0.414. The van der Waals surface area contributed by atoms with E-state index in [-0.39, 0.29) is 0 Å². The lowest BCUT2D eigenvalue weighted by Gasteiger charge is -2.27. The third kappa shape index (κ3) is 5.16. The van der Waals surface area contributed by atoms with Crippen molar-refractivity contribution < 1.29 is 4.74 Å². The fraction of sp³-hybridized carbons (Fsp3) is 0.667. The zero-order chi connectivity index (χ0) is 14.4. The maximum atomic E-state index is 6.17. The Hall–Kier alpha value is -1.02. The molecule has 0 radical (unpaired) electrons. The second kappa shape index (κ2) is 7.68. The van der Waals surface area contributed by atoms with Crippen LogP contribution in [0, 0.1) is 11.8 Å². The van der Waals surface area contributed by atoms with Crippen molar-refractivity contribution in [3.63, 3.8) is 0 Å². The zero-order valence-corrected chi connectivity index (χ0v) is 13.2. The van der Waals surface area contributed by atoms with Crippen LogP contribution in [-0.2, 0) is 6.54 Å². The molecule has 1 aromatic rings. The van der Waals surface area contributed by atoms with Gasteiger partial charge in [-0.15, -0.1) is 0 Å². The van der Waals surface area contributed by atoms with Crippen LogP contribution in [0.5, 0.6) is 5.75 Å². The van der Waals surface area contributed by atoms with E-state index in [2.05, 4.69) is 50.4 Å². The van der Waals surface area contributed by atoms with E-state index in [0.29, 0.717) is 12.0 Å². The molecule has 2 atom stereocenters. The third-order valence-corrected chi connectivity index (χ3v) is 3.97. The van der Waals surface area contributed by atoms with Gasteiger partial charge in [0.05, 0.1) is 6.10 Å². The van der Waals surface area contributed by atoms with Gasteiger partial charge >= 0.3 is 0 Å². The summed E-state index contributed by atoms with van der Waals surface area (Å²) in [6.07, 6.45) is 5.49. The normalized spacial score (nSPS) is 23.0. The first-order valence-corrected chi connectivity index (χ1v) is 8.10. The molecule has 2 nitrogen and oxygen atoms in total. The molecule has 0 saturated heterocycles. The monoisotopic (exact) mass is 275 g/mol. The van der Waals surface area contributed by atoms with Crippen LogP contribution in [0.2, 0.25) is 0 Å². The summed E-state index contributed by atoms with van der Waals surface area (Å²) in [6, 6.07) is 8.55. The Labute approximate surface area is 123 Å². The number of hydrogen-bond donors (Lipinski definition) is 1. The maximum Gasteiger partial charge on any atom is 0.120 e. The molecule has 2 heteroatoms. The van der Waals surface area contributed by atoms with Gasteiger partial charge in [0.2, 0.25) is 0 Å². The van der Waals surface area contributed by atoms with Crippen molar-refractivity contribution in [3.05, 3.63) is 29.8 Å². The highest BCUT2D eigenvalue weighted by molar-refractivity contribution is 5.28. The Morgan fingerprint density at radius 3 is 2.90 bits per heavy atom. The van der Waals surface area contributed by atoms with Gasteiger partial charge in [-0.25, -0.2) is 0 Å². The van der Waals surface area contributed by atoms with E-state index in [1.165, 1.54) is 31.2 Å². The van der Waals surface area contributed by atoms with E-state index in [0.717, 1.165) is 24.8 Å². The second-order valence-electron chi connectivity index (χ2n) is 6.68. The lowest BCUT2D eigenvalue weighted by Crippen LogP contribution is -2.24. The van der Waals surface area contributed by atoms with Crippen molar-refractivity contribution in [2.45, 2.75) is 59.1 Å². The molecule has 20 heavy (non-hydrogen) atoms. The Balaban J connectivity index is 1.85. The smallest absolute Gasteiger partial charge is 0.120 e. The highest BCUT2D eigenvalue weighted by atomic mass is 16.5. The highest BCUT2D eigenvalue weighted by Crippen LogP contribution is 2.27. The fourth-order valence-corrected chi connectivity index (χ4v) is 2.91. The van der Waals surface area contributed by atoms with Crippen molar-refractivity contribution in [2.75, 3.05) is 6.54 Å². The quantitative estimate of drug-likeness (QED) is 0.831. The minimum atomic E-state index is 0.414. The van der Waals surface area contributed by atoms with Gasteiger partial charge in [0.15, 0.2) is 0 Å². The first-order chi connectivity index (χ1) is 9.63. The van der Waals surface area contributed by atoms with Gasteiger partial charge in [0.1, 0.15) is 5.75 Å². The SMILES string of the molecule is CC(C)CNCc1cccc(OC2CCCC(C)C2)c1. The summed E-state index contributed by atoms with van der Waals surface area (Å²) in [4.78, 5) is 0. The molecule has 0 bridgehead atoms. The lowest BCUT2D eigenvalue weighted by atomic mass is 9.89. The maximum absolute atomic E-state index is 6.17. The summed E-state index contributed by atoms with van der Waals surface area (Å²) >= 11 is 0. The molecule has 1 aromatic carbocycles. The van der Waals surface area contributed by atoms with E-state index in [1.807, 2.05) is 0 Å². The molecule has 1 fully saturated rings. The van der Waals surface area contributed by atoms with E-state index in [4.69, 9.17) is 4.74 Å². The number of hydrogen-bond acceptors (Lipinski definition) is 2. The summed E-state index contributed by atoms with van der Waals surface area (Å²) in [6.45, 7) is 8.79. The standard InChI is InChI=1S/C18H29NO/c1-14(2)12-19-13-16-7-5-9-18(11-16)20-17-8-4-6-15(3)10-17/h5,7,9,11,14-15,17,19H,4,6,8,10,12-13H2,1-3H3. The summed E-state index contributed by atoms with van der Waals surface area (Å²) < 4.78 is 6.17. The topological polar surface area (TPSA) is 21.3 Å². The summed E-state index contributed by atoms with van der Waals surface area (Å²) in [5.41, 5.74) is 1.31. The van der Waals surface area contributed by atoms with Gasteiger partial charge in [-0.3, -0.25) is 0 Å². The predicted octanol–water partition coefficient (Wildman–Crippen LogP) is 4.39. The van der Waals surface area contributed by atoms with Gasteiger partial charge in [0.25, 0.3) is 0 Å². The largest absolute Gasteiger partial charge is 0.490 e. The molecular weight excluding hydrogens is 246 g/mol. The van der Waals surface area contributed by atoms with Crippen LogP contribution >= 0.6 is 0 Å². The number of benzene rings is 1. The molecule has 2 unspecified atom stereocenters. The molecule has 1 N–H and O–H groups in total. The molecule has 1 aliphatic rings. The van der Waals surface area contributed by atoms with Crippen LogP contribution in [0.25, 0.3) is 0 Å². The van der Waals surface area contributed by atoms with Crippen LogP contribution in [0.15, 0.2) is 24.3 Å². The lowest BCUT2D eigenvalue weighted by molar-refractivity contribution is 0.129. The van der Waals surface area contributed by atoms with E-state index < -0.39 is 0 Å². The molecule has 0 heterocycles. The van der Waals surface area contributed by atoms with Crippen molar-refractivity contribution in [1.82, 2.24) is 5.32 Å². The highest BCUT2D eigenvalue weighted by Gasteiger charge is 2.20. The molecule has 0 amide bonds. The first-order valence-electron chi connectivity index (χ1n) is 8.10. The van der Waals surface area contributed by atoms with Crippen LogP contribution in [-0.4, -0.2) is 12.6 Å². The molecule has 1 saturated carbocycles. The van der Waals surface area contributed by atoms with Gasteiger partial charge in [-0.2, -0.15) is 0 Å². The Morgan fingerprint density at radius 1 is 1.30 bits per heavy atom. The van der Waals surface area contributed by atoms with Crippen molar-refractivity contribution >= 4 is 0 Å². The molecule has 0 aliphatic heterocycles. The summed E-state index contributed by atoms with van der Waals surface area (Å²) in [5, 5.41) is 3.48. The van der Waals surface area contributed by atoms with Crippen LogP contribution in [0.4, 0.5) is 0 Å². The zero-order valence-electron chi connectivity index (χ0n) is 13.2. The summed E-state index contributed by atoms with van der Waals surface area (Å²) in [7, 11) is 0. The Kier molecular flexibility index (Phi) is 5.90. The van der Waals surface area contributed by atoms with E-state index >= 15 is 0 Å². The third-order valence-electron chi connectivity index (χ3n) is 3.97. The van der Waals surface area contributed by atoms with E-state index in [9.17, 15) is 0 Å².